The zero-order valence-corrected chi connectivity index (χ0v) is 18.3. The number of thiophene rings is 1. The van der Waals surface area contributed by atoms with Crippen molar-refractivity contribution >= 4 is 38.9 Å². The van der Waals surface area contributed by atoms with Crippen molar-refractivity contribution < 1.29 is 36.3 Å². The third kappa shape index (κ3) is 4.54. The highest BCUT2D eigenvalue weighted by molar-refractivity contribution is 7.90. The number of hydrogen-bond donors (Lipinski definition) is 3. The van der Waals surface area contributed by atoms with Gasteiger partial charge >= 0.3 is 13.3 Å². The number of sulfone groups is 1. The van der Waals surface area contributed by atoms with Crippen molar-refractivity contribution in [3.05, 3.63) is 28.9 Å². The van der Waals surface area contributed by atoms with E-state index in [1.165, 1.54) is 19.3 Å². The molecule has 0 unspecified atom stereocenters. The van der Waals surface area contributed by atoms with Crippen LogP contribution in [0.15, 0.2) is 18.5 Å². The number of fused-ring (bicyclic) bond motifs is 1. The van der Waals surface area contributed by atoms with Crippen LogP contribution >= 0.6 is 18.9 Å². The normalized spacial score (nSPS) is 13.1. The second-order valence-electron chi connectivity index (χ2n) is 6.66. The minimum Gasteiger partial charge on any atom is -0.492 e. The number of alkyl halides is 2. The lowest BCUT2D eigenvalue weighted by Crippen LogP contribution is -2.12. The lowest BCUT2D eigenvalue weighted by molar-refractivity contribution is 0.0596. The van der Waals surface area contributed by atoms with Gasteiger partial charge in [-0.3, -0.25) is 9.66 Å². The molecule has 30 heavy (non-hydrogen) atoms. The van der Waals surface area contributed by atoms with Gasteiger partial charge in [-0.2, -0.15) is 13.9 Å². The van der Waals surface area contributed by atoms with Crippen molar-refractivity contribution in [2.24, 2.45) is 0 Å². The molecule has 0 fully saturated rings. The molecule has 0 aliphatic heterocycles. The van der Waals surface area contributed by atoms with Gasteiger partial charge in [0.2, 0.25) is 0 Å². The maximum atomic E-state index is 14.4. The van der Waals surface area contributed by atoms with E-state index in [4.69, 9.17) is 14.5 Å². The molecule has 164 valence electrons. The highest BCUT2D eigenvalue weighted by Gasteiger charge is 2.52. The number of aryl methyl sites for hydroxylation is 1. The molecule has 14 heteroatoms. The fourth-order valence-corrected chi connectivity index (χ4v) is 5.50. The Hall–Kier alpha value is -1.92. The monoisotopic (exact) mass is 481 g/mol. The average molecular weight is 481 g/mol. The summed E-state index contributed by atoms with van der Waals surface area (Å²) >= 11 is 0.522. The summed E-state index contributed by atoms with van der Waals surface area (Å²) in [6.07, 6.45) is 2.54. The fraction of sp³-hybridized carbons (Fsp3) is 0.375. The molecule has 2 heterocycles. The molecule has 3 aromatic rings. The Balaban J connectivity index is 2.10. The van der Waals surface area contributed by atoms with Crippen molar-refractivity contribution in [3.8, 4) is 17.1 Å². The minimum absolute atomic E-state index is 0.00317. The van der Waals surface area contributed by atoms with Crippen LogP contribution in [0.1, 0.15) is 16.9 Å². The van der Waals surface area contributed by atoms with E-state index in [-0.39, 0.29) is 34.8 Å². The van der Waals surface area contributed by atoms with Gasteiger partial charge in [-0.15, -0.1) is 11.3 Å². The van der Waals surface area contributed by atoms with E-state index >= 15 is 0 Å². The van der Waals surface area contributed by atoms with Crippen LogP contribution in [0.3, 0.4) is 0 Å². The van der Waals surface area contributed by atoms with Crippen LogP contribution in [-0.4, -0.2) is 52.0 Å². The Bertz CT molecular complexity index is 1220. The van der Waals surface area contributed by atoms with E-state index in [1.54, 1.807) is 6.07 Å². The first-order valence-corrected chi connectivity index (χ1v) is 13.0. The summed E-state index contributed by atoms with van der Waals surface area (Å²) in [7, 11) is -8.94. The smallest absolute Gasteiger partial charge is 0.400 e. The zero-order chi connectivity index (χ0) is 22.3. The van der Waals surface area contributed by atoms with E-state index in [9.17, 15) is 21.8 Å². The summed E-state index contributed by atoms with van der Waals surface area (Å²) in [5, 5.41) is 6.71. The molecule has 0 aliphatic carbocycles. The van der Waals surface area contributed by atoms with Crippen molar-refractivity contribution in [1.82, 2.24) is 15.2 Å². The summed E-state index contributed by atoms with van der Waals surface area (Å²) in [5.74, 6) is 0.406. The molecule has 0 atom stereocenters. The molecule has 0 radical (unpaired) electrons. The highest BCUT2D eigenvalue weighted by Crippen LogP contribution is 2.62. The highest BCUT2D eigenvalue weighted by atomic mass is 32.2. The van der Waals surface area contributed by atoms with Gasteiger partial charge in [0, 0.05) is 17.2 Å². The average Bonchev–Trinajstić information content (AvgIpc) is 3.25. The number of nitrogens with one attached hydrogen (secondary N) is 1. The molecule has 0 bridgehead atoms. The van der Waals surface area contributed by atoms with Gasteiger partial charge in [0.1, 0.15) is 21.9 Å². The third-order valence-corrected chi connectivity index (χ3v) is 7.78. The Morgan fingerprint density at radius 2 is 2.03 bits per heavy atom. The Morgan fingerprint density at radius 3 is 2.60 bits per heavy atom. The van der Waals surface area contributed by atoms with Gasteiger partial charge < -0.3 is 14.5 Å². The van der Waals surface area contributed by atoms with Gasteiger partial charge in [0.25, 0.3) is 0 Å². The van der Waals surface area contributed by atoms with Gasteiger partial charge in [-0.1, -0.05) is 0 Å². The summed E-state index contributed by atoms with van der Waals surface area (Å²) < 4.78 is 68.7. The van der Waals surface area contributed by atoms with Crippen LogP contribution in [0.2, 0.25) is 0 Å². The van der Waals surface area contributed by atoms with Crippen molar-refractivity contribution in [2.45, 2.75) is 19.0 Å². The number of nitrogens with zero attached hydrogens (tertiary/aromatic N) is 2. The summed E-state index contributed by atoms with van der Waals surface area (Å²) in [6, 6.07) is 3.07. The molecule has 2 aromatic heterocycles. The second-order valence-corrected chi connectivity index (χ2v) is 11.6. The molecular weight excluding hydrogens is 463 g/mol. The summed E-state index contributed by atoms with van der Waals surface area (Å²) in [5.41, 5.74) is -3.89. The molecule has 3 rings (SSSR count). The molecule has 0 aliphatic rings. The van der Waals surface area contributed by atoms with Gasteiger partial charge in [0.15, 0.2) is 5.82 Å². The van der Waals surface area contributed by atoms with E-state index in [0.717, 1.165) is 6.26 Å². The van der Waals surface area contributed by atoms with Crippen molar-refractivity contribution in [2.75, 3.05) is 18.6 Å². The van der Waals surface area contributed by atoms with Crippen LogP contribution in [0.4, 0.5) is 8.78 Å². The van der Waals surface area contributed by atoms with E-state index in [0.29, 0.717) is 28.1 Å². The predicted molar refractivity (Wildman–Crippen MR) is 108 cm³/mol. The number of rotatable bonds is 8. The van der Waals surface area contributed by atoms with E-state index in [1.807, 2.05) is 0 Å². The molecule has 0 spiro atoms. The first-order valence-electron chi connectivity index (χ1n) is 8.48. The zero-order valence-electron chi connectivity index (χ0n) is 15.8. The Kier molecular flexibility index (Phi) is 6.04. The van der Waals surface area contributed by atoms with E-state index in [2.05, 4.69) is 15.2 Å². The molecule has 0 saturated heterocycles. The maximum Gasteiger partial charge on any atom is 0.400 e. The number of halogens is 2. The van der Waals surface area contributed by atoms with Gasteiger partial charge in [0.05, 0.1) is 21.9 Å². The lowest BCUT2D eigenvalue weighted by Gasteiger charge is -2.16. The quantitative estimate of drug-likeness (QED) is 0.329. The number of benzene rings is 1. The number of H-pyrrole nitrogens is 1. The SMILES string of the molecule is Cc1c(C(F)(F)P(=O)(O)O)sc2c(OCCCS(C)(=O)=O)cc(-c3ncn[nH]3)cc12. The van der Waals surface area contributed by atoms with Crippen LogP contribution in [0.25, 0.3) is 21.5 Å². The van der Waals surface area contributed by atoms with Crippen LogP contribution in [0.5, 0.6) is 5.75 Å². The predicted octanol–water partition coefficient (Wildman–Crippen LogP) is 3.04. The third-order valence-electron chi connectivity index (χ3n) is 4.25. The first kappa shape index (κ1) is 22.8. The number of aromatic amines is 1. The minimum atomic E-state index is -5.75. The van der Waals surface area contributed by atoms with Gasteiger partial charge in [-0.05, 0) is 31.0 Å². The van der Waals surface area contributed by atoms with Crippen LogP contribution < -0.4 is 4.74 Å². The summed E-state index contributed by atoms with van der Waals surface area (Å²) in [4.78, 5) is 21.5. The van der Waals surface area contributed by atoms with Crippen LogP contribution in [-0.2, 0) is 20.1 Å². The number of ether oxygens (including phenoxy) is 1. The number of aromatic nitrogens is 3. The van der Waals surface area contributed by atoms with Crippen molar-refractivity contribution in [3.63, 3.8) is 0 Å². The van der Waals surface area contributed by atoms with Crippen LogP contribution in [0, 0.1) is 6.92 Å². The van der Waals surface area contributed by atoms with Gasteiger partial charge in [-0.25, -0.2) is 13.4 Å². The fourth-order valence-electron chi connectivity index (χ4n) is 2.80. The second kappa shape index (κ2) is 7.97. The standard InChI is InChI=1S/C16H18F2N3O6PS2/c1-9-11-6-10(15-19-8-20-21-15)7-12(27-4-3-5-30(2,25)26)13(11)29-14(9)16(17,18)28(22,23)24/h6-8H,3-5H2,1-2H3,(H,19,20,21)(H2,22,23,24). The maximum absolute atomic E-state index is 14.4. The Labute approximate surface area is 174 Å². The molecule has 9 nitrogen and oxygen atoms in total. The topological polar surface area (TPSA) is 142 Å². The molecule has 1 aromatic carbocycles. The van der Waals surface area contributed by atoms with E-state index < -0.39 is 28.0 Å². The summed E-state index contributed by atoms with van der Waals surface area (Å²) in [6.45, 7) is 1.35. The molecule has 3 N–H and O–H groups in total. The molecule has 0 amide bonds. The number of hydrogen-bond acceptors (Lipinski definition) is 7. The van der Waals surface area contributed by atoms with Crippen molar-refractivity contribution in [1.29, 1.82) is 0 Å². The Morgan fingerprint density at radius 1 is 1.33 bits per heavy atom. The molecule has 0 saturated carbocycles. The molecular formula is C16H18F2N3O6PS2. The lowest BCUT2D eigenvalue weighted by atomic mass is 10.1. The largest absolute Gasteiger partial charge is 0.492 e. The first-order chi connectivity index (χ1) is 13.8.